The van der Waals surface area contributed by atoms with Crippen LogP contribution >= 0.6 is 15.6 Å². The quantitative estimate of drug-likeness (QED) is 0.0222. The molecule has 0 fully saturated rings. The molecule has 2 unspecified atom stereocenters. The minimum absolute atomic E-state index is 0.107. The van der Waals surface area contributed by atoms with Gasteiger partial charge in [-0.3, -0.25) is 37.3 Å². The van der Waals surface area contributed by atoms with Crippen molar-refractivity contribution in [2.24, 2.45) is 5.92 Å². The Morgan fingerprint density at radius 1 is 0.284 bits per heavy atom. The number of hydrogen-bond acceptors (Lipinski definition) is 15. The van der Waals surface area contributed by atoms with E-state index in [1.807, 2.05) is 0 Å². The number of unbranched alkanes of at least 4 members (excludes halogenated alkanes) is 48. The summed E-state index contributed by atoms with van der Waals surface area (Å²) in [5.74, 6) is -1.33. The second kappa shape index (κ2) is 69.2. The molecule has 0 aromatic heterocycles. The van der Waals surface area contributed by atoms with Crippen LogP contribution in [0.4, 0.5) is 0 Å². The SMILES string of the molecule is CCCCCCCCCCCCCCCCCCCCCCC(=O)O[C@H](COC(=O)CCCCCCCCCCCCCCCC(C)C)COP(=O)(O)OC[C@@H](O)COP(=O)(O)OC[C@@H](COC(=O)CCCCCCC)OC(=O)CCCCCCCCCCCCCCCC. The van der Waals surface area contributed by atoms with Crippen LogP contribution in [0.15, 0.2) is 0 Å². The van der Waals surface area contributed by atoms with Gasteiger partial charge in [0.25, 0.3) is 0 Å². The van der Waals surface area contributed by atoms with Crippen molar-refractivity contribution in [2.45, 2.75) is 419 Å². The molecule has 17 nitrogen and oxygen atoms in total. The number of phosphoric acid groups is 2. The van der Waals surface area contributed by atoms with Crippen LogP contribution in [0.25, 0.3) is 0 Å². The summed E-state index contributed by atoms with van der Waals surface area (Å²) in [5, 5.41) is 10.6. The van der Waals surface area contributed by atoms with E-state index in [-0.39, 0.29) is 25.7 Å². The van der Waals surface area contributed by atoms with E-state index >= 15 is 0 Å². The molecule has 5 atom stereocenters. The molecule has 19 heteroatoms. The van der Waals surface area contributed by atoms with E-state index in [2.05, 4.69) is 34.6 Å². The monoisotopic (exact) mass is 1400 g/mol. The summed E-state index contributed by atoms with van der Waals surface area (Å²) in [4.78, 5) is 72.5. The highest BCUT2D eigenvalue weighted by Gasteiger charge is 2.30. The summed E-state index contributed by atoms with van der Waals surface area (Å²) in [6.07, 6.45) is 58.7. The lowest BCUT2D eigenvalue weighted by Crippen LogP contribution is -2.30. The van der Waals surface area contributed by atoms with Gasteiger partial charge in [0, 0.05) is 25.7 Å². The number of hydrogen-bond donors (Lipinski definition) is 3. The highest BCUT2D eigenvalue weighted by molar-refractivity contribution is 7.47. The molecule has 0 aliphatic rings. The van der Waals surface area contributed by atoms with E-state index < -0.39 is 97.5 Å². The maximum absolute atomic E-state index is 13.1. The Hall–Kier alpha value is -1.94. The van der Waals surface area contributed by atoms with Crippen molar-refractivity contribution in [3.05, 3.63) is 0 Å². The standard InChI is InChI=1S/C76H148O17P2/c1-6-9-12-15-17-19-21-23-25-26-27-28-29-30-34-39-43-47-52-57-62-76(81)93-72(66-87-74(79)60-55-50-45-41-37-35-31-32-36-40-44-49-53-58-69(4)5)68-91-95(84,85)89-64-70(77)63-88-94(82,83)90-67-71(65-86-73(78)59-54-48-14-11-8-3)92-75(80)61-56-51-46-42-38-33-24-22-20-18-16-13-10-7-2/h69-72,77H,6-68H2,1-5H3,(H,82,83)(H,84,85)/t70-,71+,72+/m0/s1. The van der Waals surface area contributed by atoms with Crippen molar-refractivity contribution in [1.29, 1.82) is 0 Å². The Bertz CT molecular complexity index is 1820. The number of aliphatic hydroxyl groups is 1. The molecule has 0 aliphatic heterocycles. The van der Waals surface area contributed by atoms with Crippen LogP contribution in [-0.4, -0.2) is 96.7 Å². The highest BCUT2D eigenvalue weighted by atomic mass is 31.2. The summed E-state index contributed by atoms with van der Waals surface area (Å²) in [6, 6.07) is 0. The predicted molar refractivity (Wildman–Crippen MR) is 386 cm³/mol. The maximum atomic E-state index is 13.1. The Morgan fingerprint density at radius 2 is 0.484 bits per heavy atom. The van der Waals surface area contributed by atoms with Crippen molar-refractivity contribution in [2.75, 3.05) is 39.6 Å². The Morgan fingerprint density at radius 3 is 0.716 bits per heavy atom. The molecule has 0 rings (SSSR count). The first-order chi connectivity index (χ1) is 46.0. The van der Waals surface area contributed by atoms with E-state index in [0.29, 0.717) is 25.7 Å². The zero-order chi connectivity index (χ0) is 69.8. The van der Waals surface area contributed by atoms with Crippen molar-refractivity contribution in [3.63, 3.8) is 0 Å². The number of phosphoric ester groups is 2. The van der Waals surface area contributed by atoms with Crippen LogP contribution in [0.1, 0.15) is 401 Å². The Kier molecular flexibility index (Phi) is 67.7. The van der Waals surface area contributed by atoms with Crippen molar-refractivity contribution >= 4 is 39.5 Å². The maximum Gasteiger partial charge on any atom is 0.472 e. The Balaban J connectivity index is 5.13. The molecule has 95 heavy (non-hydrogen) atoms. The molecule has 0 saturated heterocycles. The third-order valence-electron chi connectivity index (χ3n) is 17.8. The number of carbonyl (C=O) groups excluding carboxylic acids is 4. The topological polar surface area (TPSA) is 237 Å². The van der Waals surface area contributed by atoms with Crippen LogP contribution in [0.2, 0.25) is 0 Å². The summed E-state index contributed by atoms with van der Waals surface area (Å²) in [7, 11) is -9.90. The molecule has 0 aromatic carbocycles. The zero-order valence-corrected chi connectivity index (χ0v) is 63.6. The average Bonchev–Trinajstić information content (AvgIpc) is 2.23. The van der Waals surface area contributed by atoms with Crippen molar-refractivity contribution < 1.29 is 80.2 Å². The fraction of sp³-hybridized carbons (Fsp3) is 0.947. The third-order valence-corrected chi connectivity index (χ3v) is 19.7. The first-order valence-corrected chi connectivity index (χ1v) is 42.6. The van der Waals surface area contributed by atoms with Gasteiger partial charge < -0.3 is 33.8 Å². The number of rotatable bonds is 76. The molecular formula is C76H148O17P2. The van der Waals surface area contributed by atoms with E-state index in [1.54, 1.807) is 0 Å². The average molecular weight is 1400 g/mol. The van der Waals surface area contributed by atoms with E-state index in [1.165, 1.54) is 218 Å². The Labute approximate surface area is 581 Å². The fourth-order valence-corrected chi connectivity index (χ4v) is 13.3. The number of ether oxygens (including phenoxy) is 4. The molecule has 0 aromatic rings. The molecule has 0 amide bonds. The second-order valence-electron chi connectivity index (χ2n) is 27.9. The predicted octanol–water partition coefficient (Wildman–Crippen LogP) is 22.5. The lowest BCUT2D eigenvalue weighted by molar-refractivity contribution is -0.161. The highest BCUT2D eigenvalue weighted by Crippen LogP contribution is 2.45. The number of carbonyl (C=O) groups is 4. The van der Waals surface area contributed by atoms with E-state index in [9.17, 15) is 43.2 Å². The van der Waals surface area contributed by atoms with Gasteiger partial charge in [0.2, 0.25) is 0 Å². The van der Waals surface area contributed by atoms with Crippen LogP contribution in [0.5, 0.6) is 0 Å². The summed E-state index contributed by atoms with van der Waals surface area (Å²) in [5.41, 5.74) is 0. The molecule has 0 bridgehead atoms. The van der Waals surface area contributed by atoms with Gasteiger partial charge in [-0.1, -0.05) is 349 Å². The number of esters is 4. The smallest absolute Gasteiger partial charge is 0.462 e. The molecule has 564 valence electrons. The zero-order valence-electron chi connectivity index (χ0n) is 61.8. The molecule has 0 heterocycles. The largest absolute Gasteiger partial charge is 0.472 e. The van der Waals surface area contributed by atoms with Gasteiger partial charge in [0.05, 0.1) is 26.4 Å². The third kappa shape index (κ3) is 70.3. The van der Waals surface area contributed by atoms with Crippen LogP contribution in [0, 0.1) is 5.92 Å². The molecular weight excluding hydrogens is 1250 g/mol. The molecule has 0 spiro atoms. The van der Waals surface area contributed by atoms with Crippen molar-refractivity contribution in [1.82, 2.24) is 0 Å². The number of aliphatic hydroxyl groups excluding tert-OH is 1. The van der Waals surface area contributed by atoms with Gasteiger partial charge in [-0.2, -0.15) is 0 Å². The minimum atomic E-state index is -4.95. The fourth-order valence-electron chi connectivity index (χ4n) is 11.7. The lowest BCUT2D eigenvalue weighted by atomic mass is 10.0. The summed E-state index contributed by atoms with van der Waals surface area (Å²) in [6.45, 7) is 7.23. The van der Waals surface area contributed by atoms with E-state index in [4.69, 9.17) is 37.0 Å². The minimum Gasteiger partial charge on any atom is -0.462 e. The van der Waals surface area contributed by atoms with Gasteiger partial charge in [0.1, 0.15) is 19.3 Å². The van der Waals surface area contributed by atoms with Gasteiger partial charge >= 0.3 is 39.5 Å². The molecule has 3 N–H and O–H groups in total. The lowest BCUT2D eigenvalue weighted by Gasteiger charge is -2.21. The summed E-state index contributed by atoms with van der Waals surface area (Å²) < 4.78 is 68.3. The van der Waals surface area contributed by atoms with Gasteiger partial charge in [-0.25, -0.2) is 9.13 Å². The second-order valence-corrected chi connectivity index (χ2v) is 30.8. The van der Waals surface area contributed by atoms with Gasteiger partial charge in [0.15, 0.2) is 12.2 Å². The van der Waals surface area contributed by atoms with Crippen LogP contribution in [0.3, 0.4) is 0 Å². The normalized spacial score (nSPS) is 13.9. The van der Waals surface area contributed by atoms with Crippen molar-refractivity contribution in [3.8, 4) is 0 Å². The molecule has 0 radical (unpaired) electrons. The van der Waals surface area contributed by atoms with Gasteiger partial charge in [-0.15, -0.1) is 0 Å². The first-order valence-electron chi connectivity index (χ1n) is 39.6. The van der Waals surface area contributed by atoms with Gasteiger partial charge in [-0.05, 0) is 31.6 Å². The first kappa shape index (κ1) is 93.1. The van der Waals surface area contributed by atoms with Crippen LogP contribution in [-0.2, 0) is 65.4 Å². The molecule has 0 saturated carbocycles. The molecule has 0 aliphatic carbocycles. The van der Waals surface area contributed by atoms with E-state index in [0.717, 1.165) is 102 Å². The van der Waals surface area contributed by atoms with Crippen LogP contribution < -0.4 is 0 Å². The summed E-state index contributed by atoms with van der Waals surface area (Å²) >= 11 is 0.